The molecule has 1 unspecified atom stereocenters. The topological polar surface area (TPSA) is 89.9 Å². The van der Waals surface area contributed by atoms with Crippen LogP contribution in [0.15, 0.2) is 60.7 Å². The second-order valence-corrected chi connectivity index (χ2v) is 7.08. The number of hydrogen-bond acceptors (Lipinski definition) is 5. The lowest BCUT2D eigenvalue weighted by molar-refractivity contribution is -0.150. The Kier molecular flexibility index (Phi) is 8.62. The zero-order valence-electron chi connectivity index (χ0n) is 14.8. The van der Waals surface area contributed by atoms with E-state index in [0.29, 0.717) is 0 Å². The third kappa shape index (κ3) is 8.11. The Balaban J connectivity index is 1.81. The lowest BCUT2D eigenvalue weighted by Crippen LogP contribution is -2.21. The minimum Gasteiger partial charge on any atom is -0.461 e. The highest BCUT2D eigenvalue weighted by atomic mass is 31.1. The molecular formula is C20H22O6P+. The van der Waals surface area contributed by atoms with Crippen LogP contribution in [0.4, 0.5) is 0 Å². The molecule has 7 heteroatoms. The Hall–Kier alpha value is -2.56. The van der Waals surface area contributed by atoms with Gasteiger partial charge in [-0.3, -0.25) is 9.59 Å². The summed E-state index contributed by atoms with van der Waals surface area (Å²) in [5.41, 5.74) is 1.68. The van der Waals surface area contributed by atoms with Crippen molar-refractivity contribution in [3.8, 4) is 0 Å². The molecule has 2 aromatic rings. The number of rotatable bonds is 10. The Labute approximate surface area is 159 Å². The average Bonchev–Trinajstić information content (AvgIpc) is 2.69. The molecule has 0 bridgehead atoms. The molecule has 0 fully saturated rings. The third-order valence-electron chi connectivity index (χ3n) is 3.87. The van der Waals surface area contributed by atoms with E-state index in [1.807, 2.05) is 60.7 Å². The molecule has 0 saturated carbocycles. The summed E-state index contributed by atoms with van der Waals surface area (Å²) in [6.45, 7) is 0.230. The Morgan fingerprint density at radius 1 is 0.889 bits per heavy atom. The molecule has 0 heterocycles. The third-order valence-corrected chi connectivity index (χ3v) is 4.63. The molecule has 0 aliphatic rings. The standard InChI is InChI=1S/C20H21O6P/c21-19(25-13-16-7-3-1-4-8-16)12-11-18(15-27(23)24)20(22)26-14-17-9-5-2-6-10-17/h1-10,18H,11-15H2/p+1/t18-/m0/s1. The van der Waals surface area contributed by atoms with Crippen molar-refractivity contribution in [2.24, 2.45) is 5.92 Å². The van der Waals surface area contributed by atoms with E-state index in [9.17, 15) is 14.2 Å². The molecule has 0 radical (unpaired) electrons. The smallest absolute Gasteiger partial charge is 0.461 e. The number of ether oxygens (including phenoxy) is 2. The van der Waals surface area contributed by atoms with Gasteiger partial charge in [-0.2, -0.15) is 4.89 Å². The van der Waals surface area contributed by atoms with E-state index >= 15 is 0 Å². The van der Waals surface area contributed by atoms with E-state index in [2.05, 4.69) is 0 Å². The highest BCUT2D eigenvalue weighted by molar-refractivity contribution is 7.38. The maximum absolute atomic E-state index is 12.2. The maximum Gasteiger partial charge on any atom is 0.506 e. The molecule has 0 aliphatic carbocycles. The molecule has 2 atom stereocenters. The predicted octanol–water partition coefficient (Wildman–Crippen LogP) is 3.60. The summed E-state index contributed by atoms with van der Waals surface area (Å²) in [7, 11) is -2.52. The molecule has 0 spiro atoms. The van der Waals surface area contributed by atoms with E-state index < -0.39 is 25.9 Å². The molecule has 2 aromatic carbocycles. The summed E-state index contributed by atoms with van der Waals surface area (Å²) in [4.78, 5) is 33.3. The van der Waals surface area contributed by atoms with Gasteiger partial charge in [-0.1, -0.05) is 60.7 Å². The number of carbonyl (C=O) groups is 2. The Morgan fingerprint density at radius 3 is 1.93 bits per heavy atom. The quantitative estimate of drug-likeness (QED) is 0.493. The van der Waals surface area contributed by atoms with E-state index in [0.717, 1.165) is 11.1 Å². The Bertz CT molecular complexity index is 748. The van der Waals surface area contributed by atoms with Crippen molar-refractivity contribution in [2.45, 2.75) is 26.1 Å². The molecule has 0 saturated heterocycles. The lowest BCUT2D eigenvalue weighted by Gasteiger charge is -2.12. The molecule has 27 heavy (non-hydrogen) atoms. The van der Waals surface area contributed by atoms with E-state index in [-0.39, 0.29) is 32.2 Å². The van der Waals surface area contributed by atoms with Gasteiger partial charge in [0.15, 0.2) is 6.16 Å². The molecule has 0 aliphatic heterocycles. The molecule has 2 rings (SSSR count). The summed E-state index contributed by atoms with van der Waals surface area (Å²) < 4.78 is 21.6. The fourth-order valence-electron chi connectivity index (χ4n) is 2.42. The highest BCUT2D eigenvalue weighted by Gasteiger charge is 2.30. The van der Waals surface area contributed by atoms with Crippen LogP contribution in [0.1, 0.15) is 24.0 Å². The van der Waals surface area contributed by atoms with Gasteiger partial charge < -0.3 is 9.47 Å². The van der Waals surface area contributed by atoms with Gasteiger partial charge in [0, 0.05) is 6.42 Å². The minimum absolute atomic E-state index is 0.0267. The summed E-state index contributed by atoms with van der Waals surface area (Å²) in [5.74, 6) is -1.88. The van der Waals surface area contributed by atoms with E-state index in [4.69, 9.17) is 14.4 Å². The van der Waals surface area contributed by atoms with Crippen molar-refractivity contribution in [1.29, 1.82) is 0 Å². The molecule has 1 N–H and O–H groups in total. The van der Waals surface area contributed by atoms with Gasteiger partial charge in [0.2, 0.25) is 0 Å². The van der Waals surface area contributed by atoms with Crippen LogP contribution in [0.5, 0.6) is 0 Å². The Morgan fingerprint density at radius 2 is 1.41 bits per heavy atom. The first-order valence-electron chi connectivity index (χ1n) is 8.58. The van der Waals surface area contributed by atoms with E-state index in [1.165, 1.54) is 0 Å². The van der Waals surface area contributed by atoms with Gasteiger partial charge in [-0.15, -0.1) is 0 Å². The highest BCUT2D eigenvalue weighted by Crippen LogP contribution is 2.23. The monoisotopic (exact) mass is 389 g/mol. The van der Waals surface area contributed by atoms with Gasteiger partial charge in [-0.25, -0.2) is 0 Å². The van der Waals surface area contributed by atoms with Crippen molar-refractivity contribution in [2.75, 3.05) is 6.16 Å². The van der Waals surface area contributed by atoms with Crippen LogP contribution in [-0.4, -0.2) is 23.0 Å². The normalized spacial score (nSPS) is 12.1. The van der Waals surface area contributed by atoms with Crippen molar-refractivity contribution < 1.29 is 28.5 Å². The van der Waals surface area contributed by atoms with Crippen LogP contribution in [0.2, 0.25) is 0 Å². The zero-order chi connectivity index (χ0) is 19.5. The lowest BCUT2D eigenvalue weighted by atomic mass is 10.1. The molecule has 142 valence electrons. The average molecular weight is 389 g/mol. The van der Waals surface area contributed by atoms with Crippen molar-refractivity contribution in [1.82, 2.24) is 0 Å². The van der Waals surface area contributed by atoms with Gasteiger partial charge in [0.1, 0.15) is 19.1 Å². The maximum atomic E-state index is 12.2. The number of hydrogen-bond donors (Lipinski definition) is 1. The van der Waals surface area contributed by atoms with Crippen LogP contribution < -0.4 is 0 Å². The number of esters is 2. The van der Waals surface area contributed by atoms with Gasteiger partial charge in [-0.05, 0) is 22.1 Å². The first kappa shape index (κ1) is 20.7. The van der Waals surface area contributed by atoms with Crippen LogP contribution in [0, 0.1) is 5.92 Å². The SMILES string of the molecule is O=C(CC[C@@H](C[P+](=O)O)C(=O)OCc1ccccc1)OCc1ccccc1. The van der Waals surface area contributed by atoms with Crippen LogP contribution in [0.25, 0.3) is 0 Å². The molecular weight excluding hydrogens is 367 g/mol. The second kappa shape index (κ2) is 11.2. The largest absolute Gasteiger partial charge is 0.506 e. The summed E-state index contributed by atoms with van der Waals surface area (Å²) in [5, 5.41) is 0. The minimum atomic E-state index is -2.52. The first-order valence-corrected chi connectivity index (χ1v) is 9.98. The van der Waals surface area contributed by atoms with Gasteiger partial charge in [0.25, 0.3) is 0 Å². The molecule has 0 amide bonds. The molecule has 0 aromatic heterocycles. The fraction of sp³-hybridized carbons (Fsp3) is 0.300. The second-order valence-electron chi connectivity index (χ2n) is 6.01. The van der Waals surface area contributed by atoms with Gasteiger partial charge in [0.05, 0.1) is 0 Å². The zero-order valence-corrected chi connectivity index (χ0v) is 15.7. The van der Waals surface area contributed by atoms with Crippen LogP contribution >= 0.6 is 8.03 Å². The summed E-state index contributed by atoms with van der Waals surface area (Å²) in [6, 6.07) is 18.4. The number of benzene rings is 2. The summed E-state index contributed by atoms with van der Waals surface area (Å²) in [6.07, 6.45) is -0.168. The van der Waals surface area contributed by atoms with Gasteiger partial charge >= 0.3 is 20.0 Å². The summed E-state index contributed by atoms with van der Waals surface area (Å²) >= 11 is 0. The fourth-order valence-corrected chi connectivity index (χ4v) is 3.13. The predicted molar refractivity (Wildman–Crippen MR) is 99.9 cm³/mol. The van der Waals surface area contributed by atoms with Crippen molar-refractivity contribution in [3.05, 3.63) is 71.8 Å². The first-order chi connectivity index (χ1) is 13.0. The number of carbonyl (C=O) groups excluding carboxylic acids is 2. The van der Waals surface area contributed by atoms with E-state index in [1.54, 1.807) is 0 Å². The van der Waals surface area contributed by atoms with Crippen molar-refractivity contribution >= 4 is 20.0 Å². The van der Waals surface area contributed by atoms with Crippen LogP contribution in [-0.2, 0) is 36.8 Å². The van der Waals surface area contributed by atoms with Crippen LogP contribution in [0.3, 0.4) is 0 Å². The molecule has 6 nitrogen and oxygen atoms in total. The van der Waals surface area contributed by atoms with Crippen molar-refractivity contribution in [3.63, 3.8) is 0 Å².